The van der Waals surface area contributed by atoms with Crippen molar-refractivity contribution in [2.24, 2.45) is 10.4 Å². The lowest BCUT2D eigenvalue weighted by Gasteiger charge is -2.16. The first-order valence-electron chi connectivity index (χ1n) is 7.35. The van der Waals surface area contributed by atoms with Crippen molar-refractivity contribution in [1.29, 1.82) is 0 Å². The molecule has 1 heterocycles. The second-order valence-corrected chi connectivity index (χ2v) is 6.63. The molecule has 2 rings (SSSR count). The Balaban J connectivity index is 1.84. The highest BCUT2D eigenvalue weighted by molar-refractivity contribution is 7.10. The third kappa shape index (κ3) is 4.21. The first-order chi connectivity index (χ1) is 9.69. The topological polar surface area (TPSA) is 56.7 Å². The van der Waals surface area contributed by atoms with Crippen LogP contribution in [0.1, 0.15) is 37.5 Å². The molecule has 3 N–H and O–H groups in total. The maximum absolute atomic E-state index is 9.33. The van der Waals surface area contributed by atoms with Gasteiger partial charge in [0.25, 0.3) is 0 Å². The van der Waals surface area contributed by atoms with E-state index in [2.05, 4.69) is 47.0 Å². The van der Waals surface area contributed by atoms with Crippen molar-refractivity contribution >= 4 is 17.3 Å². The zero-order valence-electron chi connectivity index (χ0n) is 12.4. The van der Waals surface area contributed by atoms with Crippen LogP contribution in [0, 0.1) is 5.41 Å². The summed E-state index contributed by atoms with van der Waals surface area (Å²) in [6.45, 7) is 6.98. The Morgan fingerprint density at radius 3 is 2.85 bits per heavy atom. The molecule has 1 atom stereocenters. The van der Waals surface area contributed by atoms with Crippen LogP contribution in [-0.2, 0) is 0 Å². The van der Waals surface area contributed by atoms with Crippen LogP contribution in [0.2, 0.25) is 0 Å². The summed E-state index contributed by atoms with van der Waals surface area (Å²) in [6, 6.07) is 4.26. The first kappa shape index (κ1) is 15.3. The molecule has 112 valence electrons. The Labute approximate surface area is 125 Å². The fourth-order valence-corrected chi connectivity index (χ4v) is 2.84. The third-order valence-electron chi connectivity index (χ3n) is 3.81. The summed E-state index contributed by atoms with van der Waals surface area (Å²) in [5.41, 5.74) is 0.0712. The van der Waals surface area contributed by atoms with Gasteiger partial charge in [-0.2, -0.15) is 0 Å². The van der Waals surface area contributed by atoms with E-state index in [1.165, 1.54) is 4.88 Å². The van der Waals surface area contributed by atoms with Crippen molar-refractivity contribution in [1.82, 2.24) is 10.6 Å². The Morgan fingerprint density at radius 2 is 2.30 bits per heavy atom. The summed E-state index contributed by atoms with van der Waals surface area (Å²) in [5.74, 6) is 1.34. The van der Waals surface area contributed by atoms with Gasteiger partial charge < -0.3 is 15.7 Å². The van der Waals surface area contributed by atoms with Crippen molar-refractivity contribution in [3.63, 3.8) is 0 Å². The average molecular weight is 295 g/mol. The van der Waals surface area contributed by atoms with Crippen molar-refractivity contribution in [2.45, 2.75) is 32.6 Å². The van der Waals surface area contributed by atoms with Crippen LogP contribution in [0.3, 0.4) is 0 Å². The summed E-state index contributed by atoms with van der Waals surface area (Å²) >= 11 is 1.79. The van der Waals surface area contributed by atoms with Gasteiger partial charge in [0.15, 0.2) is 5.96 Å². The molecule has 1 aliphatic carbocycles. The van der Waals surface area contributed by atoms with Gasteiger partial charge in [0.1, 0.15) is 0 Å². The summed E-state index contributed by atoms with van der Waals surface area (Å²) in [4.78, 5) is 6.00. The van der Waals surface area contributed by atoms with E-state index in [-0.39, 0.29) is 12.0 Å². The summed E-state index contributed by atoms with van der Waals surface area (Å²) in [5, 5.41) is 18.1. The van der Waals surface area contributed by atoms with Gasteiger partial charge in [0.05, 0.1) is 13.2 Å². The molecule has 0 saturated heterocycles. The smallest absolute Gasteiger partial charge is 0.191 e. The summed E-state index contributed by atoms with van der Waals surface area (Å²) < 4.78 is 0. The number of hydrogen-bond donors (Lipinski definition) is 3. The number of thiophene rings is 1. The van der Waals surface area contributed by atoms with Gasteiger partial charge in [-0.3, -0.25) is 4.99 Å². The van der Waals surface area contributed by atoms with Gasteiger partial charge in [-0.15, -0.1) is 11.3 Å². The van der Waals surface area contributed by atoms with Gasteiger partial charge in [-0.05, 0) is 31.2 Å². The van der Waals surface area contributed by atoms with Crippen LogP contribution in [0.5, 0.6) is 0 Å². The molecule has 1 aliphatic rings. The summed E-state index contributed by atoms with van der Waals surface area (Å²) in [7, 11) is 0. The highest BCUT2D eigenvalue weighted by Gasteiger charge is 2.41. The molecule has 5 heteroatoms. The molecule has 4 nitrogen and oxygen atoms in total. The lowest BCUT2D eigenvalue weighted by molar-refractivity contribution is 0.217. The minimum absolute atomic E-state index is 0.0712. The van der Waals surface area contributed by atoms with E-state index in [4.69, 9.17) is 0 Å². The molecule has 0 aliphatic heterocycles. The van der Waals surface area contributed by atoms with Gasteiger partial charge in [-0.1, -0.05) is 13.0 Å². The van der Waals surface area contributed by atoms with Crippen LogP contribution in [0.25, 0.3) is 0 Å². The highest BCUT2D eigenvalue weighted by atomic mass is 32.1. The minimum Gasteiger partial charge on any atom is -0.396 e. The van der Waals surface area contributed by atoms with Crippen molar-refractivity contribution in [2.75, 3.05) is 26.2 Å². The Bertz CT molecular complexity index is 426. The highest BCUT2D eigenvalue weighted by Crippen LogP contribution is 2.45. The van der Waals surface area contributed by atoms with Crippen molar-refractivity contribution < 1.29 is 5.11 Å². The summed E-state index contributed by atoms with van der Waals surface area (Å²) in [6.07, 6.45) is 2.19. The molecule has 1 aromatic heterocycles. The molecule has 0 radical (unpaired) electrons. The number of aliphatic imine (C=N–C) groups is 1. The average Bonchev–Trinajstić information content (AvgIpc) is 3.03. The third-order valence-corrected chi connectivity index (χ3v) is 4.92. The molecule has 0 spiro atoms. The van der Waals surface area contributed by atoms with Crippen LogP contribution >= 0.6 is 11.3 Å². The number of rotatable bonds is 7. The first-order valence-corrected chi connectivity index (χ1v) is 8.23. The predicted molar refractivity (Wildman–Crippen MR) is 85.5 cm³/mol. The molecule has 1 unspecified atom stereocenters. The molecular weight excluding hydrogens is 270 g/mol. The number of nitrogens with zero attached hydrogens (tertiary/aromatic N) is 1. The van der Waals surface area contributed by atoms with E-state index < -0.39 is 0 Å². The van der Waals surface area contributed by atoms with Crippen molar-refractivity contribution in [3.05, 3.63) is 22.4 Å². The molecule has 20 heavy (non-hydrogen) atoms. The lowest BCUT2D eigenvalue weighted by atomic mass is 10.1. The standard InChI is InChI=1S/C15H25N3OS/c1-3-16-14(18-10-15(11-19)6-7-15)17-9-12(2)13-5-4-8-20-13/h4-5,8,12,19H,3,6-7,9-11H2,1-2H3,(H2,16,17,18). The van der Waals surface area contributed by atoms with Gasteiger partial charge in [0.2, 0.25) is 0 Å². The van der Waals surface area contributed by atoms with Crippen LogP contribution in [0.15, 0.2) is 22.5 Å². The largest absolute Gasteiger partial charge is 0.396 e. The van der Waals surface area contributed by atoms with Crippen LogP contribution in [0.4, 0.5) is 0 Å². The number of hydrogen-bond acceptors (Lipinski definition) is 3. The SMILES string of the molecule is CCNC(=NCC1(CO)CC1)NCC(C)c1cccs1. The van der Waals surface area contributed by atoms with Gasteiger partial charge in [0, 0.05) is 29.3 Å². The van der Waals surface area contributed by atoms with E-state index in [9.17, 15) is 5.11 Å². The zero-order valence-corrected chi connectivity index (χ0v) is 13.2. The minimum atomic E-state index is 0.0712. The second-order valence-electron chi connectivity index (χ2n) is 5.65. The molecule has 1 aromatic rings. The van der Waals surface area contributed by atoms with Gasteiger partial charge in [-0.25, -0.2) is 0 Å². The number of guanidine groups is 1. The normalized spacial score (nSPS) is 18.6. The van der Waals surface area contributed by atoms with Crippen LogP contribution < -0.4 is 10.6 Å². The Kier molecular flexibility index (Phi) is 5.43. The maximum atomic E-state index is 9.33. The molecular formula is C15H25N3OS. The zero-order chi connectivity index (χ0) is 14.4. The van der Waals surface area contributed by atoms with Crippen LogP contribution in [-0.4, -0.2) is 37.3 Å². The Hall–Kier alpha value is -1.07. The second kappa shape index (κ2) is 7.09. The van der Waals surface area contributed by atoms with E-state index in [1.807, 2.05) is 0 Å². The van der Waals surface area contributed by atoms with E-state index in [0.717, 1.165) is 31.9 Å². The fourth-order valence-electron chi connectivity index (χ4n) is 2.05. The number of aliphatic hydroxyl groups is 1. The Morgan fingerprint density at radius 1 is 1.50 bits per heavy atom. The number of aliphatic hydroxyl groups excluding tert-OH is 1. The number of nitrogens with one attached hydrogen (secondary N) is 2. The van der Waals surface area contributed by atoms with E-state index >= 15 is 0 Å². The predicted octanol–water partition coefficient (Wildman–Crippen LogP) is 2.18. The van der Waals surface area contributed by atoms with E-state index in [1.54, 1.807) is 11.3 Å². The quantitative estimate of drug-likeness (QED) is 0.534. The lowest BCUT2D eigenvalue weighted by Crippen LogP contribution is -2.39. The molecule has 0 amide bonds. The molecule has 0 aromatic carbocycles. The molecule has 0 bridgehead atoms. The monoisotopic (exact) mass is 295 g/mol. The fraction of sp³-hybridized carbons (Fsp3) is 0.667. The van der Waals surface area contributed by atoms with E-state index in [0.29, 0.717) is 12.5 Å². The molecule has 1 fully saturated rings. The van der Waals surface area contributed by atoms with Gasteiger partial charge >= 0.3 is 0 Å². The maximum Gasteiger partial charge on any atom is 0.191 e. The molecule has 1 saturated carbocycles. The van der Waals surface area contributed by atoms with Crippen molar-refractivity contribution in [3.8, 4) is 0 Å².